The fourth-order valence-corrected chi connectivity index (χ4v) is 2.92. The quantitative estimate of drug-likeness (QED) is 0.642. The van der Waals surface area contributed by atoms with Crippen LogP contribution in [-0.2, 0) is 6.42 Å². The predicted octanol–water partition coefficient (Wildman–Crippen LogP) is 4.28. The van der Waals surface area contributed by atoms with Crippen LogP contribution in [0.25, 0.3) is 0 Å². The van der Waals surface area contributed by atoms with Crippen molar-refractivity contribution in [3.05, 3.63) is 88.8 Å². The Hall–Kier alpha value is -2.92. The molecular weight excluding hydrogens is 360 g/mol. The van der Waals surface area contributed by atoms with E-state index in [-0.39, 0.29) is 11.9 Å². The molecule has 0 bridgehead atoms. The average Bonchev–Trinajstić information content (AvgIpc) is 2.69. The first-order valence-corrected chi connectivity index (χ1v) is 9.16. The fraction of sp³-hybridized carbons (Fsp3) is 0.190. The molecule has 3 rings (SSSR count). The highest BCUT2D eigenvalue weighted by Crippen LogP contribution is 2.17. The van der Waals surface area contributed by atoms with Crippen LogP contribution in [0, 0.1) is 0 Å². The molecule has 5 nitrogen and oxygen atoms in total. The van der Waals surface area contributed by atoms with Gasteiger partial charge in [-0.05, 0) is 36.6 Å². The molecular formula is C21H21ClN4O. The normalized spacial score (nSPS) is 11.6. The SMILES string of the molecule is CC(Nc1cc(C(=O)NCCc2cccc(Cl)c2)ncn1)c1ccccc1. The number of aromatic nitrogens is 2. The topological polar surface area (TPSA) is 66.9 Å². The van der Waals surface area contributed by atoms with Gasteiger partial charge in [-0.15, -0.1) is 0 Å². The van der Waals surface area contributed by atoms with Crippen molar-refractivity contribution in [1.29, 1.82) is 0 Å². The van der Waals surface area contributed by atoms with Crippen LogP contribution in [-0.4, -0.2) is 22.4 Å². The second kappa shape index (κ2) is 9.14. The number of nitrogens with zero attached hydrogens (tertiary/aromatic N) is 2. The molecule has 0 fully saturated rings. The van der Waals surface area contributed by atoms with Gasteiger partial charge < -0.3 is 10.6 Å². The monoisotopic (exact) mass is 380 g/mol. The van der Waals surface area contributed by atoms with Crippen LogP contribution in [0.15, 0.2) is 67.0 Å². The molecule has 1 atom stereocenters. The summed E-state index contributed by atoms with van der Waals surface area (Å²) >= 11 is 5.97. The molecule has 1 amide bonds. The Labute approximate surface area is 163 Å². The Morgan fingerprint density at radius 3 is 2.67 bits per heavy atom. The third kappa shape index (κ3) is 5.53. The van der Waals surface area contributed by atoms with E-state index < -0.39 is 0 Å². The van der Waals surface area contributed by atoms with Crippen LogP contribution in [0.3, 0.4) is 0 Å². The van der Waals surface area contributed by atoms with Gasteiger partial charge in [0.2, 0.25) is 0 Å². The lowest BCUT2D eigenvalue weighted by atomic mass is 10.1. The highest BCUT2D eigenvalue weighted by Gasteiger charge is 2.10. The van der Waals surface area contributed by atoms with E-state index in [2.05, 4.69) is 20.6 Å². The van der Waals surface area contributed by atoms with Gasteiger partial charge in [0.1, 0.15) is 17.8 Å². The molecule has 0 radical (unpaired) electrons. The summed E-state index contributed by atoms with van der Waals surface area (Å²) in [5.74, 6) is 0.385. The minimum absolute atomic E-state index is 0.0693. The molecule has 138 valence electrons. The molecule has 1 aromatic heterocycles. The van der Waals surface area contributed by atoms with Crippen molar-refractivity contribution >= 4 is 23.3 Å². The van der Waals surface area contributed by atoms with Crippen LogP contribution in [0.5, 0.6) is 0 Å². The van der Waals surface area contributed by atoms with Gasteiger partial charge in [-0.3, -0.25) is 4.79 Å². The van der Waals surface area contributed by atoms with Crippen LogP contribution < -0.4 is 10.6 Å². The number of benzene rings is 2. The molecule has 0 aliphatic rings. The Morgan fingerprint density at radius 2 is 1.89 bits per heavy atom. The van der Waals surface area contributed by atoms with Crippen molar-refractivity contribution in [3.8, 4) is 0 Å². The van der Waals surface area contributed by atoms with Gasteiger partial charge >= 0.3 is 0 Å². The molecule has 0 saturated carbocycles. The summed E-state index contributed by atoms with van der Waals surface area (Å²) in [5, 5.41) is 6.87. The minimum atomic E-state index is -0.227. The first-order chi connectivity index (χ1) is 13.1. The average molecular weight is 381 g/mol. The molecule has 6 heteroatoms. The van der Waals surface area contributed by atoms with E-state index >= 15 is 0 Å². The van der Waals surface area contributed by atoms with Gasteiger partial charge in [0.25, 0.3) is 5.91 Å². The molecule has 0 spiro atoms. The van der Waals surface area contributed by atoms with Crippen LogP contribution in [0.2, 0.25) is 5.02 Å². The fourth-order valence-electron chi connectivity index (χ4n) is 2.71. The van der Waals surface area contributed by atoms with E-state index in [9.17, 15) is 4.79 Å². The van der Waals surface area contributed by atoms with Crippen molar-refractivity contribution in [2.24, 2.45) is 0 Å². The number of carbonyl (C=O) groups excluding carboxylic acids is 1. The molecule has 2 N–H and O–H groups in total. The smallest absolute Gasteiger partial charge is 0.270 e. The maximum atomic E-state index is 12.4. The Kier molecular flexibility index (Phi) is 6.39. The zero-order valence-electron chi connectivity index (χ0n) is 15.0. The number of anilines is 1. The molecule has 0 aliphatic heterocycles. The number of halogens is 1. The minimum Gasteiger partial charge on any atom is -0.363 e. The van der Waals surface area contributed by atoms with E-state index in [1.165, 1.54) is 6.33 Å². The number of rotatable bonds is 7. The lowest BCUT2D eigenvalue weighted by Crippen LogP contribution is -2.26. The van der Waals surface area contributed by atoms with E-state index in [0.717, 1.165) is 11.1 Å². The first kappa shape index (κ1) is 18.9. The summed E-state index contributed by atoms with van der Waals surface area (Å²) in [7, 11) is 0. The maximum Gasteiger partial charge on any atom is 0.270 e. The summed E-state index contributed by atoms with van der Waals surface area (Å²) in [6, 6.07) is 19.4. The number of carbonyl (C=O) groups is 1. The van der Waals surface area contributed by atoms with Gasteiger partial charge in [0.05, 0.1) is 0 Å². The molecule has 3 aromatic rings. The second-order valence-corrected chi connectivity index (χ2v) is 6.64. The summed E-state index contributed by atoms with van der Waals surface area (Å²) in [6.07, 6.45) is 2.10. The summed E-state index contributed by atoms with van der Waals surface area (Å²) < 4.78 is 0. The zero-order chi connectivity index (χ0) is 19.1. The molecule has 0 aliphatic carbocycles. The maximum absolute atomic E-state index is 12.4. The van der Waals surface area contributed by atoms with Gasteiger partial charge in [-0.2, -0.15) is 0 Å². The number of hydrogen-bond donors (Lipinski definition) is 2. The Bertz CT molecular complexity index is 901. The van der Waals surface area contributed by atoms with E-state index in [0.29, 0.717) is 29.5 Å². The third-order valence-electron chi connectivity index (χ3n) is 4.15. The van der Waals surface area contributed by atoms with Crippen LogP contribution in [0.4, 0.5) is 5.82 Å². The largest absolute Gasteiger partial charge is 0.363 e. The van der Waals surface area contributed by atoms with Crippen molar-refractivity contribution in [2.45, 2.75) is 19.4 Å². The molecule has 27 heavy (non-hydrogen) atoms. The molecule has 1 unspecified atom stereocenters. The predicted molar refractivity (Wildman–Crippen MR) is 108 cm³/mol. The third-order valence-corrected chi connectivity index (χ3v) is 4.39. The van der Waals surface area contributed by atoms with Crippen LogP contribution in [0.1, 0.15) is 34.6 Å². The number of amides is 1. The van der Waals surface area contributed by atoms with Crippen molar-refractivity contribution in [1.82, 2.24) is 15.3 Å². The lowest BCUT2D eigenvalue weighted by Gasteiger charge is -2.15. The van der Waals surface area contributed by atoms with E-state index in [4.69, 9.17) is 11.6 Å². The number of nitrogens with one attached hydrogen (secondary N) is 2. The Balaban J connectivity index is 1.57. The second-order valence-electron chi connectivity index (χ2n) is 6.20. The standard InChI is InChI=1S/C21H21ClN4O/c1-15(17-7-3-2-4-8-17)26-20-13-19(24-14-25-20)21(27)23-11-10-16-6-5-9-18(22)12-16/h2-9,12-15H,10-11H2,1H3,(H,23,27)(H,24,25,26). The van der Waals surface area contributed by atoms with Crippen molar-refractivity contribution in [3.63, 3.8) is 0 Å². The Morgan fingerprint density at radius 1 is 1.07 bits per heavy atom. The summed E-state index contributed by atoms with van der Waals surface area (Å²) in [4.78, 5) is 20.6. The molecule has 2 aromatic carbocycles. The first-order valence-electron chi connectivity index (χ1n) is 8.78. The van der Waals surface area contributed by atoms with Crippen molar-refractivity contribution < 1.29 is 4.79 Å². The van der Waals surface area contributed by atoms with E-state index in [1.54, 1.807) is 6.07 Å². The van der Waals surface area contributed by atoms with Gasteiger partial charge in [-0.1, -0.05) is 54.1 Å². The molecule has 1 heterocycles. The molecule has 0 saturated heterocycles. The lowest BCUT2D eigenvalue weighted by molar-refractivity contribution is 0.0949. The zero-order valence-corrected chi connectivity index (χ0v) is 15.8. The van der Waals surface area contributed by atoms with Crippen molar-refractivity contribution in [2.75, 3.05) is 11.9 Å². The highest BCUT2D eigenvalue weighted by molar-refractivity contribution is 6.30. The number of hydrogen-bond acceptors (Lipinski definition) is 4. The van der Waals surface area contributed by atoms with Gasteiger partial charge in [0.15, 0.2) is 0 Å². The summed E-state index contributed by atoms with van der Waals surface area (Å²) in [5.41, 5.74) is 2.55. The van der Waals surface area contributed by atoms with Crippen LogP contribution >= 0.6 is 11.6 Å². The van der Waals surface area contributed by atoms with Gasteiger partial charge in [0, 0.05) is 23.7 Å². The van der Waals surface area contributed by atoms with E-state index in [1.807, 2.05) is 61.5 Å². The van der Waals surface area contributed by atoms with Gasteiger partial charge in [-0.25, -0.2) is 9.97 Å². The highest BCUT2D eigenvalue weighted by atomic mass is 35.5. The summed E-state index contributed by atoms with van der Waals surface area (Å²) in [6.45, 7) is 2.55.